The van der Waals surface area contributed by atoms with Crippen molar-refractivity contribution >= 4 is 44.0 Å². The predicted molar refractivity (Wildman–Crippen MR) is 144 cm³/mol. The average molecular weight is 537 g/mol. The molecule has 0 bridgehead atoms. The zero-order valence-electron chi connectivity index (χ0n) is 20.1. The highest BCUT2D eigenvalue weighted by Crippen LogP contribution is 2.38. The molecule has 1 atom stereocenters. The molecule has 0 fully saturated rings. The molecule has 0 saturated heterocycles. The van der Waals surface area contributed by atoms with E-state index in [-0.39, 0.29) is 36.0 Å². The molecule has 1 heterocycles. The Labute approximate surface area is 220 Å². The van der Waals surface area contributed by atoms with Crippen LogP contribution < -0.4 is 19.1 Å². The summed E-state index contributed by atoms with van der Waals surface area (Å²) >= 11 is 6.15. The molecule has 1 aliphatic rings. The third-order valence-corrected chi connectivity index (χ3v) is 8.11. The summed E-state index contributed by atoms with van der Waals surface area (Å²) in [6.45, 7) is 2.16. The molecule has 4 aromatic rings. The zero-order valence-corrected chi connectivity index (χ0v) is 21.6. The third-order valence-electron chi connectivity index (χ3n) is 6.08. The van der Waals surface area contributed by atoms with Crippen LogP contribution in [-0.4, -0.2) is 40.1 Å². The van der Waals surface area contributed by atoms with E-state index in [0.29, 0.717) is 10.8 Å². The lowest BCUT2D eigenvalue weighted by Crippen LogP contribution is -2.51. The standard InChI is InChI=1S/C28H25ClN2O5S/c1-19-6-11-24(12-7-19)37(33,34)31-18-27(36-26-13-9-22(29)17-25(26)31)28(32)30-14-15-35-23-10-8-20-4-2-3-5-21(20)16-23/h2-13,16-17,27H,14-15,18H2,1H3,(H,30,32)/t27-/m0/s1. The van der Waals surface area contributed by atoms with Gasteiger partial charge in [0.15, 0.2) is 6.10 Å². The van der Waals surface area contributed by atoms with Crippen LogP contribution in [-0.2, 0) is 14.8 Å². The second-order valence-electron chi connectivity index (χ2n) is 8.72. The molecule has 7 nitrogen and oxygen atoms in total. The molecular weight excluding hydrogens is 512 g/mol. The molecule has 0 saturated carbocycles. The van der Waals surface area contributed by atoms with Crippen molar-refractivity contribution in [1.82, 2.24) is 5.32 Å². The largest absolute Gasteiger partial charge is 0.492 e. The van der Waals surface area contributed by atoms with E-state index in [1.807, 2.05) is 49.4 Å². The Bertz CT molecular complexity index is 1560. The highest BCUT2D eigenvalue weighted by molar-refractivity contribution is 7.92. The minimum Gasteiger partial charge on any atom is -0.492 e. The number of sulfonamides is 1. The lowest BCUT2D eigenvalue weighted by atomic mass is 10.1. The molecule has 0 aliphatic carbocycles. The van der Waals surface area contributed by atoms with Gasteiger partial charge in [0.1, 0.15) is 18.1 Å². The minimum absolute atomic E-state index is 0.119. The van der Waals surface area contributed by atoms with Gasteiger partial charge in [0.2, 0.25) is 0 Å². The van der Waals surface area contributed by atoms with Crippen LogP contribution in [0, 0.1) is 6.92 Å². The number of halogens is 1. The summed E-state index contributed by atoms with van der Waals surface area (Å²) in [5.74, 6) is 0.522. The van der Waals surface area contributed by atoms with Crippen LogP contribution >= 0.6 is 11.6 Å². The van der Waals surface area contributed by atoms with Gasteiger partial charge in [0, 0.05) is 5.02 Å². The van der Waals surface area contributed by atoms with Crippen LogP contribution in [0.15, 0.2) is 89.8 Å². The van der Waals surface area contributed by atoms with Gasteiger partial charge in [-0.15, -0.1) is 0 Å². The maximum Gasteiger partial charge on any atom is 0.264 e. The summed E-state index contributed by atoms with van der Waals surface area (Å²) < 4.78 is 39.9. The molecule has 1 amide bonds. The predicted octanol–water partition coefficient (Wildman–Crippen LogP) is 4.95. The minimum atomic E-state index is -3.96. The fraction of sp³-hybridized carbons (Fsp3) is 0.179. The van der Waals surface area contributed by atoms with Gasteiger partial charge >= 0.3 is 0 Å². The first-order chi connectivity index (χ1) is 17.8. The van der Waals surface area contributed by atoms with Crippen molar-refractivity contribution in [1.29, 1.82) is 0 Å². The molecule has 1 N–H and O–H groups in total. The van der Waals surface area contributed by atoms with Crippen LogP contribution in [0.4, 0.5) is 5.69 Å². The summed E-state index contributed by atoms with van der Waals surface area (Å²) in [5.41, 5.74) is 1.23. The van der Waals surface area contributed by atoms with E-state index in [9.17, 15) is 13.2 Å². The number of amides is 1. The van der Waals surface area contributed by atoms with Crippen LogP contribution in [0.3, 0.4) is 0 Å². The monoisotopic (exact) mass is 536 g/mol. The SMILES string of the molecule is Cc1ccc(S(=O)(=O)N2C[C@@H](C(=O)NCCOc3ccc4ccccc4c3)Oc3ccc(Cl)cc32)cc1. The number of anilines is 1. The zero-order chi connectivity index (χ0) is 26.0. The first-order valence-electron chi connectivity index (χ1n) is 11.8. The molecule has 0 aromatic heterocycles. The number of carbonyl (C=O) groups is 1. The molecule has 4 aromatic carbocycles. The first-order valence-corrected chi connectivity index (χ1v) is 13.6. The second-order valence-corrected chi connectivity index (χ2v) is 11.0. The Kier molecular flexibility index (Phi) is 6.95. The van der Waals surface area contributed by atoms with E-state index in [1.54, 1.807) is 36.4 Å². The molecular formula is C28H25ClN2O5S. The molecule has 9 heteroatoms. The molecule has 5 rings (SSSR count). The average Bonchev–Trinajstić information content (AvgIpc) is 2.90. The molecule has 190 valence electrons. The Morgan fingerprint density at radius 3 is 2.57 bits per heavy atom. The summed E-state index contributed by atoms with van der Waals surface area (Å²) in [6.07, 6.45) is -1.05. The summed E-state index contributed by atoms with van der Waals surface area (Å²) in [4.78, 5) is 13.1. The van der Waals surface area contributed by atoms with Gasteiger partial charge in [-0.2, -0.15) is 0 Å². The van der Waals surface area contributed by atoms with Gasteiger partial charge in [-0.25, -0.2) is 8.42 Å². The number of hydrogen-bond acceptors (Lipinski definition) is 5. The lowest BCUT2D eigenvalue weighted by molar-refractivity contribution is -0.127. The van der Waals surface area contributed by atoms with Gasteiger partial charge < -0.3 is 14.8 Å². The van der Waals surface area contributed by atoms with E-state index in [4.69, 9.17) is 21.1 Å². The van der Waals surface area contributed by atoms with Crippen molar-refractivity contribution in [3.63, 3.8) is 0 Å². The first kappa shape index (κ1) is 24.9. The fourth-order valence-corrected chi connectivity index (χ4v) is 5.77. The maximum atomic E-state index is 13.5. The fourth-order valence-electron chi connectivity index (χ4n) is 4.14. The Morgan fingerprint density at radius 2 is 1.78 bits per heavy atom. The highest BCUT2D eigenvalue weighted by Gasteiger charge is 2.37. The van der Waals surface area contributed by atoms with Gasteiger partial charge in [-0.1, -0.05) is 59.6 Å². The number of nitrogens with one attached hydrogen (secondary N) is 1. The van der Waals surface area contributed by atoms with Crippen LogP contribution in [0.5, 0.6) is 11.5 Å². The molecule has 37 heavy (non-hydrogen) atoms. The van der Waals surface area contributed by atoms with Crippen molar-refractivity contribution < 1.29 is 22.7 Å². The Morgan fingerprint density at radius 1 is 1.03 bits per heavy atom. The van der Waals surface area contributed by atoms with Crippen molar-refractivity contribution in [3.8, 4) is 11.5 Å². The van der Waals surface area contributed by atoms with Crippen molar-refractivity contribution in [2.75, 3.05) is 24.0 Å². The van der Waals surface area contributed by atoms with Crippen LogP contribution in [0.1, 0.15) is 5.56 Å². The summed E-state index contributed by atoms with van der Waals surface area (Å²) in [5, 5.41) is 5.32. The smallest absolute Gasteiger partial charge is 0.264 e. The number of rotatable bonds is 7. The normalized spacial score (nSPS) is 15.1. The van der Waals surface area contributed by atoms with Gasteiger partial charge in [0.25, 0.3) is 15.9 Å². The summed E-state index contributed by atoms with van der Waals surface area (Å²) in [6, 6.07) is 25.0. The molecule has 0 spiro atoms. The molecule has 0 unspecified atom stereocenters. The third kappa shape index (κ3) is 5.35. The van der Waals surface area contributed by atoms with E-state index in [1.165, 1.54) is 10.4 Å². The number of hydrogen-bond donors (Lipinski definition) is 1. The quantitative estimate of drug-likeness (QED) is 0.338. The number of benzene rings is 4. The number of ether oxygens (including phenoxy) is 2. The number of carbonyl (C=O) groups excluding carboxylic acids is 1. The van der Waals surface area contributed by atoms with Gasteiger partial charge in [-0.05, 0) is 60.2 Å². The second kappa shape index (κ2) is 10.3. The van der Waals surface area contributed by atoms with Gasteiger partial charge in [-0.3, -0.25) is 9.10 Å². The Balaban J connectivity index is 1.28. The van der Waals surface area contributed by atoms with E-state index in [2.05, 4.69) is 5.32 Å². The van der Waals surface area contributed by atoms with E-state index >= 15 is 0 Å². The highest BCUT2D eigenvalue weighted by atomic mass is 35.5. The van der Waals surface area contributed by atoms with Crippen molar-refractivity contribution in [2.24, 2.45) is 0 Å². The van der Waals surface area contributed by atoms with Gasteiger partial charge in [0.05, 0.1) is 23.7 Å². The van der Waals surface area contributed by atoms with Crippen molar-refractivity contribution in [3.05, 3.63) is 95.5 Å². The molecule has 1 aliphatic heterocycles. The maximum absolute atomic E-state index is 13.5. The number of aryl methyl sites for hydroxylation is 1. The van der Waals surface area contributed by atoms with Crippen LogP contribution in [0.2, 0.25) is 5.02 Å². The molecule has 0 radical (unpaired) electrons. The van der Waals surface area contributed by atoms with E-state index in [0.717, 1.165) is 16.3 Å². The summed E-state index contributed by atoms with van der Waals surface area (Å²) in [7, 11) is -3.96. The number of nitrogens with zero attached hydrogens (tertiary/aromatic N) is 1. The Hall–Kier alpha value is -3.75. The number of fused-ring (bicyclic) bond motifs is 2. The van der Waals surface area contributed by atoms with Crippen LogP contribution in [0.25, 0.3) is 10.8 Å². The lowest BCUT2D eigenvalue weighted by Gasteiger charge is -2.34. The topological polar surface area (TPSA) is 84.9 Å². The van der Waals surface area contributed by atoms with Crippen molar-refractivity contribution in [2.45, 2.75) is 17.9 Å². The van der Waals surface area contributed by atoms with E-state index < -0.39 is 22.0 Å².